The van der Waals surface area contributed by atoms with Crippen molar-refractivity contribution in [3.8, 4) is 17.2 Å². The third kappa shape index (κ3) is 4.18. The van der Waals surface area contributed by atoms with E-state index >= 15 is 0 Å². The molecule has 1 saturated carbocycles. The highest BCUT2D eigenvalue weighted by atomic mass is 19.1. The van der Waals surface area contributed by atoms with Crippen molar-refractivity contribution in [2.75, 3.05) is 0 Å². The summed E-state index contributed by atoms with van der Waals surface area (Å²) < 4.78 is 16.6. The predicted octanol–water partition coefficient (Wildman–Crippen LogP) is 4.29. The molecule has 5 aromatic rings. The van der Waals surface area contributed by atoms with Gasteiger partial charge in [-0.3, -0.25) is 19.1 Å². The second-order valence-electron chi connectivity index (χ2n) is 9.32. The number of hydrogen-bond donors (Lipinski definition) is 2. The average molecular weight is 495 g/mol. The van der Waals surface area contributed by atoms with E-state index in [1.807, 2.05) is 25.1 Å². The highest BCUT2D eigenvalue weighted by molar-refractivity contribution is 6.05. The molecule has 0 aliphatic heterocycles. The van der Waals surface area contributed by atoms with Crippen LogP contribution in [0.5, 0.6) is 0 Å². The number of nitrogens with zero attached hydrogens (tertiary/aromatic N) is 4. The predicted molar refractivity (Wildman–Crippen MR) is 137 cm³/mol. The van der Waals surface area contributed by atoms with Gasteiger partial charge in [-0.1, -0.05) is 30.3 Å². The molecule has 2 aromatic carbocycles. The maximum absolute atomic E-state index is 14.9. The summed E-state index contributed by atoms with van der Waals surface area (Å²) in [5.41, 5.74) is 2.63. The van der Waals surface area contributed by atoms with Gasteiger partial charge in [0, 0.05) is 24.2 Å². The van der Waals surface area contributed by atoms with Gasteiger partial charge in [0.1, 0.15) is 17.3 Å². The lowest BCUT2D eigenvalue weighted by atomic mass is 9.79. The van der Waals surface area contributed by atoms with E-state index in [-0.39, 0.29) is 29.2 Å². The number of benzene rings is 2. The van der Waals surface area contributed by atoms with Gasteiger partial charge in [-0.05, 0) is 61.0 Å². The molecule has 1 amide bonds. The first-order valence-corrected chi connectivity index (χ1v) is 12.0. The number of aryl methyl sites for hydroxylation is 1. The van der Waals surface area contributed by atoms with E-state index < -0.39 is 0 Å². The molecule has 6 rings (SSSR count). The van der Waals surface area contributed by atoms with Crippen molar-refractivity contribution in [3.63, 3.8) is 0 Å². The first kappa shape index (κ1) is 22.8. The number of rotatable bonds is 5. The molecule has 8 nitrogen and oxygen atoms in total. The van der Waals surface area contributed by atoms with Crippen LogP contribution in [-0.2, 0) is 0 Å². The highest BCUT2D eigenvalue weighted by Crippen LogP contribution is 2.39. The second kappa shape index (κ2) is 9.09. The number of H-pyrrole nitrogens is 1. The molecule has 0 unspecified atom stereocenters. The number of carbonyl (C=O) groups excluding carboxylic acids is 1. The number of hydrogen-bond acceptors (Lipinski definition) is 5. The Balaban J connectivity index is 1.27. The zero-order chi connectivity index (χ0) is 25.5. The van der Waals surface area contributed by atoms with E-state index in [0.717, 1.165) is 10.9 Å². The van der Waals surface area contributed by atoms with Gasteiger partial charge in [0.05, 0.1) is 16.8 Å². The quantitative estimate of drug-likeness (QED) is 0.379. The van der Waals surface area contributed by atoms with Crippen LogP contribution in [0, 0.1) is 12.7 Å². The van der Waals surface area contributed by atoms with Crippen molar-refractivity contribution in [2.45, 2.75) is 31.7 Å². The lowest BCUT2D eigenvalue weighted by Gasteiger charge is -2.35. The number of aromatic amines is 1. The van der Waals surface area contributed by atoms with Gasteiger partial charge in [-0.25, -0.2) is 4.39 Å². The highest BCUT2D eigenvalue weighted by Gasteiger charge is 2.36. The molecule has 1 aliphatic carbocycles. The standard InChI is InChI=1S/C28H23FN6O2/c1-16-9-11-22(30-15-16)27-34-33-26(35(27)23-8-3-2-7-21(23)29)18-13-19(14-18)31-28(37)20-6-4-5-17-10-12-24(36)32-25(17)20/h2-12,15,18-19H,13-14H2,1H3,(H,31,37)(H,32,36). The molecule has 0 atom stereocenters. The Labute approximate surface area is 211 Å². The van der Waals surface area contributed by atoms with Gasteiger partial charge >= 0.3 is 0 Å². The van der Waals surface area contributed by atoms with Gasteiger partial charge in [-0.2, -0.15) is 0 Å². The summed E-state index contributed by atoms with van der Waals surface area (Å²) in [6.07, 6.45) is 2.99. The fourth-order valence-corrected chi connectivity index (χ4v) is 4.77. The maximum atomic E-state index is 14.9. The molecule has 1 fully saturated rings. The molecule has 1 aliphatic rings. The number of pyridine rings is 2. The van der Waals surface area contributed by atoms with E-state index in [0.29, 0.717) is 47.0 Å². The Kier molecular flexibility index (Phi) is 5.60. The number of fused-ring (bicyclic) bond motifs is 1. The van der Waals surface area contributed by atoms with E-state index in [4.69, 9.17) is 0 Å². The number of halogens is 1. The Hall–Kier alpha value is -4.66. The molecule has 3 aromatic heterocycles. The molecule has 37 heavy (non-hydrogen) atoms. The Bertz CT molecular complexity index is 1690. The van der Waals surface area contributed by atoms with Gasteiger partial charge in [0.25, 0.3) is 5.91 Å². The number of carbonyl (C=O) groups is 1. The lowest BCUT2D eigenvalue weighted by molar-refractivity contribution is 0.0908. The minimum atomic E-state index is -0.383. The van der Waals surface area contributed by atoms with Crippen LogP contribution in [-0.4, -0.2) is 36.7 Å². The monoisotopic (exact) mass is 494 g/mol. The molecule has 9 heteroatoms. The smallest absolute Gasteiger partial charge is 0.253 e. The number of para-hydroxylation sites is 2. The van der Waals surface area contributed by atoms with Crippen LogP contribution >= 0.6 is 0 Å². The van der Waals surface area contributed by atoms with Gasteiger partial charge in [-0.15, -0.1) is 10.2 Å². The largest absolute Gasteiger partial charge is 0.349 e. The Morgan fingerprint density at radius 3 is 2.65 bits per heavy atom. The van der Waals surface area contributed by atoms with Crippen LogP contribution in [0.25, 0.3) is 28.1 Å². The topological polar surface area (TPSA) is 106 Å². The fraction of sp³-hybridized carbons (Fsp3) is 0.179. The first-order chi connectivity index (χ1) is 18.0. The van der Waals surface area contributed by atoms with E-state index in [9.17, 15) is 14.0 Å². The number of amides is 1. The summed E-state index contributed by atoms with van der Waals surface area (Å²) in [7, 11) is 0. The van der Waals surface area contributed by atoms with Crippen molar-refractivity contribution in [3.05, 3.63) is 106 Å². The van der Waals surface area contributed by atoms with Crippen molar-refractivity contribution in [2.24, 2.45) is 0 Å². The van der Waals surface area contributed by atoms with E-state index in [1.54, 1.807) is 47.2 Å². The Morgan fingerprint density at radius 1 is 1.03 bits per heavy atom. The normalized spacial score (nSPS) is 16.9. The van der Waals surface area contributed by atoms with Crippen LogP contribution in [0.4, 0.5) is 4.39 Å². The molecule has 2 N–H and O–H groups in total. The fourth-order valence-electron chi connectivity index (χ4n) is 4.77. The molecule has 0 bridgehead atoms. The average Bonchev–Trinajstić information content (AvgIpc) is 3.30. The van der Waals surface area contributed by atoms with E-state index in [1.165, 1.54) is 12.1 Å². The third-order valence-electron chi connectivity index (χ3n) is 6.76. The second-order valence-corrected chi connectivity index (χ2v) is 9.32. The van der Waals surface area contributed by atoms with Gasteiger partial charge in [0.15, 0.2) is 5.82 Å². The molecular formula is C28H23FN6O2. The number of nitrogens with one attached hydrogen (secondary N) is 2. The van der Waals surface area contributed by atoms with Crippen molar-refractivity contribution in [1.29, 1.82) is 0 Å². The van der Waals surface area contributed by atoms with Crippen LogP contribution in [0.3, 0.4) is 0 Å². The van der Waals surface area contributed by atoms with Crippen molar-refractivity contribution in [1.82, 2.24) is 30.0 Å². The SMILES string of the molecule is Cc1ccc(-c2nnc(C3CC(NC(=O)c4cccc5ccc(=O)[nH]c45)C3)n2-c2ccccc2F)nc1. The molecule has 0 spiro atoms. The maximum Gasteiger partial charge on any atom is 0.253 e. The summed E-state index contributed by atoms with van der Waals surface area (Å²) in [4.78, 5) is 32.1. The zero-order valence-corrected chi connectivity index (χ0v) is 20.0. The summed E-state index contributed by atoms with van der Waals surface area (Å²) in [6, 6.07) is 18.7. The number of aromatic nitrogens is 5. The molecule has 0 radical (unpaired) electrons. The summed E-state index contributed by atoms with van der Waals surface area (Å²) in [5, 5.41) is 12.6. The molecule has 0 saturated heterocycles. The van der Waals surface area contributed by atoms with Gasteiger partial charge in [0.2, 0.25) is 5.56 Å². The Morgan fingerprint density at radius 2 is 1.86 bits per heavy atom. The zero-order valence-electron chi connectivity index (χ0n) is 20.0. The van der Waals surface area contributed by atoms with Crippen LogP contribution in [0.2, 0.25) is 0 Å². The minimum absolute atomic E-state index is 0.0241. The third-order valence-corrected chi connectivity index (χ3v) is 6.76. The summed E-state index contributed by atoms with van der Waals surface area (Å²) in [6.45, 7) is 1.95. The first-order valence-electron chi connectivity index (χ1n) is 12.0. The molecular weight excluding hydrogens is 471 g/mol. The molecule has 184 valence electrons. The van der Waals surface area contributed by atoms with Gasteiger partial charge < -0.3 is 10.3 Å². The van der Waals surface area contributed by atoms with E-state index in [2.05, 4.69) is 25.5 Å². The van der Waals surface area contributed by atoms with Crippen molar-refractivity contribution >= 4 is 16.8 Å². The lowest BCUT2D eigenvalue weighted by Crippen LogP contribution is -2.44. The molecule has 3 heterocycles. The van der Waals surface area contributed by atoms with Crippen LogP contribution in [0.15, 0.2) is 77.7 Å². The van der Waals surface area contributed by atoms with Crippen molar-refractivity contribution < 1.29 is 9.18 Å². The van der Waals surface area contributed by atoms with Crippen LogP contribution < -0.4 is 10.9 Å². The summed E-state index contributed by atoms with van der Waals surface area (Å²) >= 11 is 0. The minimum Gasteiger partial charge on any atom is -0.349 e. The summed E-state index contributed by atoms with van der Waals surface area (Å²) in [5.74, 6) is 0.431. The van der Waals surface area contributed by atoms with Crippen LogP contribution in [0.1, 0.15) is 40.5 Å².